The molecule has 0 aliphatic heterocycles. The van der Waals surface area contributed by atoms with Gasteiger partial charge in [-0.15, -0.1) is 0 Å². The Morgan fingerprint density at radius 1 is 1.43 bits per heavy atom. The molecule has 1 heterocycles. The number of aryl methyl sites for hydroxylation is 1. The summed E-state index contributed by atoms with van der Waals surface area (Å²) in [7, 11) is 2.00. The minimum atomic E-state index is 0.260. The highest BCUT2D eigenvalue weighted by Gasteiger charge is 2.12. The summed E-state index contributed by atoms with van der Waals surface area (Å²) in [5.41, 5.74) is 1.17. The van der Waals surface area contributed by atoms with Crippen molar-refractivity contribution in [2.24, 2.45) is 7.05 Å². The van der Waals surface area contributed by atoms with Crippen LogP contribution < -0.4 is 10.1 Å². The Morgan fingerprint density at radius 2 is 2.24 bits per heavy atom. The van der Waals surface area contributed by atoms with E-state index in [2.05, 4.69) is 46.1 Å². The molecule has 0 bridgehead atoms. The summed E-state index contributed by atoms with van der Waals surface area (Å²) in [4.78, 5) is 4.31. The Balaban J connectivity index is 2.03. The summed E-state index contributed by atoms with van der Waals surface area (Å²) in [5.74, 6) is 1.97. The summed E-state index contributed by atoms with van der Waals surface area (Å²) in [5, 5.41) is 3.43. The molecule has 1 atom stereocenters. The molecule has 2 aromatic rings. The number of ether oxygens (including phenoxy) is 1. The molecule has 0 spiro atoms. The van der Waals surface area contributed by atoms with Crippen LogP contribution >= 0.6 is 15.9 Å². The number of benzene rings is 1. The number of nitrogens with zero attached hydrogens (tertiary/aromatic N) is 2. The number of hydrogen-bond acceptors (Lipinski definition) is 3. The summed E-state index contributed by atoms with van der Waals surface area (Å²) in [6.07, 6.45) is 4.57. The summed E-state index contributed by atoms with van der Waals surface area (Å²) in [6, 6.07) is 6.41. The van der Waals surface area contributed by atoms with Gasteiger partial charge in [0.2, 0.25) is 0 Å². The lowest BCUT2D eigenvalue weighted by atomic mass is 10.1. The van der Waals surface area contributed by atoms with Crippen LogP contribution in [0.1, 0.15) is 31.3 Å². The van der Waals surface area contributed by atoms with Gasteiger partial charge in [-0.1, -0.05) is 22.9 Å². The fourth-order valence-corrected chi connectivity index (χ4v) is 2.67. The monoisotopic (exact) mass is 351 g/mol. The van der Waals surface area contributed by atoms with E-state index in [-0.39, 0.29) is 6.04 Å². The van der Waals surface area contributed by atoms with E-state index >= 15 is 0 Å². The zero-order valence-electron chi connectivity index (χ0n) is 12.8. The Morgan fingerprint density at radius 3 is 2.90 bits per heavy atom. The second-order valence-electron chi connectivity index (χ2n) is 5.01. The number of imidazole rings is 1. The largest absolute Gasteiger partial charge is 0.493 e. The molecule has 0 aliphatic carbocycles. The Hall–Kier alpha value is -1.33. The molecule has 21 heavy (non-hydrogen) atoms. The predicted octanol–water partition coefficient (Wildman–Crippen LogP) is 3.47. The van der Waals surface area contributed by atoms with E-state index in [4.69, 9.17) is 4.74 Å². The van der Waals surface area contributed by atoms with Crippen LogP contribution in [-0.4, -0.2) is 22.7 Å². The van der Waals surface area contributed by atoms with Crippen molar-refractivity contribution in [3.63, 3.8) is 0 Å². The van der Waals surface area contributed by atoms with Crippen LogP contribution in [-0.2, 0) is 13.5 Å². The van der Waals surface area contributed by atoms with Crippen LogP contribution in [0.5, 0.6) is 5.75 Å². The van der Waals surface area contributed by atoms with Crippen molar-refractivity contribution < 1.29 is 4.74 Å². The van der Waals surface area contributed by atoms with Gasteiger partial charge in [-0.2, -0.15) is 0 Å². The van der Waals surface area contributed by atoms with Gasteiger partial charge in [0, 0.05) is 41.9 Å². The van der Waals surface area contributed by atoms with Gasteiger partial charge in [0.05, 0.1) is 6.61 Å². The first-order chi connectivity index (χ1) is 10.1. The maximum absolute atomic E-state index is 5.97. The van der Waals surface area contributed by atoms with Crippen molar-refractivity contribution in [3.05, 3.63) is 46.5 Å². The zero-order valence-corrected chi connectivity index (χ0v) is 14.4. The normalized spacial score (nSPS) is 12.4. The maximum atomic E-state index is 5.97. The second-order valence-corrected chi connectivity index (χ2v) is 5.93. The highest BCUT2D eigenvalue weighted by Crippen LogP contribution is 2.28. The number of halogens is 1. The minimum Gasteiger partial charge on any atom is -0.493 e. The van der Waals surface area contributed by atoms with Crippen molar-refractivity contribution in [2.45, 2.75) is 26.3 Å². The van der Waals surface area contributed by atoms with Crippen LogP contribution in [0.2, 0.25) is 0 Å². The molecule has 2 rings (SSSR count). The molecular formula is C16H22BrN3O. The molecular weight excluding hydrogens is 330 g/mol. The fourth-order valence-electron chi connectivity index (χ4n) is 2.29. The molecule has 4 nitrogen and oxygen atoms in total. The van der Waals surface area contributed by atoms with Crippen LogP contribution in [0, 0.1) is 0 Å². The van der Waals surface area contributed by atoms with Gasteiger partial charge in [-0.05, 0) is 31.7 Å². The average molecular weight is 352 g/mol. The summed E-state index contributed by atoms with van der Waals surface area (Å²) in [6.45, 7) is 5.81. The molecule has 1 aromatic carbocycles. The fraction of sp³-hybridized carbons (Fsp3) is 0.438. The number of rotatable bonds is 7. The minimum absolute atomic E-state index is 0.260. The molecule has 1 N–H and O–H groups in total. The third-order valence-electron chi connectivity index (χ3n) is 3.45. The van der Waals surface area contributed by atoms with E-state index in [0.717, 1.165) is 29.0 Å². The Labute approximate surface area is 134 Å². The smallest absolute Gasteiger partial charge is 0.124 e. The van der Waals surface area contributed by atoms with Gasteiger partial charge in [-0.25, -0.2) is 4.98 Å². The quantitative estimate of drug-likeness (QED) is 0.829. The van der Waals surface area contributed by atoms with Crippen molar-refractivity contribution in [2.75, 3.05) is 13.2 Å². The van der Waals surface area contributed by atoms with E-state index in [1.165, 1.54) is 5.56 Å². The topological polar surface area (TPSA) is 39.1 Å². The van der Waals surface area contributed by atoms with Crippen LogP contribution in [0.4, 0.5) is 0 Å². The summed E-state index contributed by atoms with van der Waals surface area (Å²) >= 11 is 3.53. The predicted molar refractivity (Wildman–Crippen MR) is 88.6 cm³/mol. The van der Waals surface area contributed by atoms with Crippen molar-refractivity contribution in [3.8, 4) is 5.75 Å². The van der Waals surface area contributed by atoms with Crippen LogP contribution in [0.3, 0.4) is 0 Å². The highest BCUT2D eigenvalue weighted by molar-refractivity contribution is 9.10. The molecule has 1 aromatic heterocycles. The van der Waals surface area contributed by atoms with E-state index in [0.29, 0.717) is 6.61 Å². The summed E-state index contributed by atoms with van der Waals surface area (Å²) < 4.78 is 9.06. The van der Waals surface area contributed by atoms with Gasteiger partial charge >= 0.3 is 0 Å². The first-order valence-electron chi connectivity index (χ1n) is 7.23. The first kappa shape index (κ1) is 16.0. The van der Waals surface area contributed by atoms with E-state index in [1.807, 2.05) is 36.1 Å². The molecule has 0 saturated heterocycles. The standard InChI is InChI=1S/C16H22BrN3O/c1-4-18-12(2)14-11-13(17)5-6-15(14)21-10-7-16-19-8-9-20(16)3/h5-6,8-9,11-12,18H,4,7,10H2,1-3H3. The van der Waals surface area contributed by atoms with Gasteiger partial charge in [-0.3, -0.25) is 0 Å². The lowest BCUT2D eigenvalue weighted by molar-refractivity contribution is 0.311. The Bertz CT molecular complexity index is 583. The molecule has 0 fully saturated rings. The van der Waals surface area contributed by atoms with E-state index in [1.54, 1.807) is 0 Å². The number of nitrogens with one attached hydrogen (secondary N) is 1. The van der Waals surface area contributed by atoms with Crippen molar-refractivity contribution >= 4 is 15.9 Å². The molecule has 0 radical (unpaired) electrons. The van der Waals surface area contributed by atoms with Crippen molar-refractivity contribution in [1.82, 2.24) is 14.9 Å². The third kappa shape index (κ3) is 4.32. The molecule has 1 unspecified atom stereocenters. The van der Waals surface area contributed by atoms with Gasteiger partial charge in [0.1, 0.15) is 11.6 Å². The van der Waals surface area contributed by atoms with Crippen LogP contribution in [0.15, 0.2) is 35.1 Å². The third-order valence-corrected chi connectivity index (χ3v) is 3.95. The first-order valence-corrected chi connectivity index (χ1v) is 8.03. The SMILES string of the molecule is CCNC(C)c1cc(Br)ccc1OCCc1nccn1C. The second kappa shape index (κ2) is 7.61. The van der Waals surface area contributed by atoms with E-state index in [9.17, 15) is 0 Å². The molecule has 0 aliphatic rings. The average Bonchev–Trinajstić information content (AvgIpc) is 2.86. The molecule has 114 valence electrons. The van der Waals surface area contributed by atoms with Gasteiger partial charge in [0.15, 0.2) is 0 Å². The van der Waals surface area contributed by atoms with Gasteiger partial charge in [0.25, 0.3) is 0 Å². The highest BCUT2D eigenvalue weighted by atomic mass is 79.9. The lowest BCUT2D eigenvalue weighted by Crippen LogP contribution is -2.19. The number of aromatic nitrogens is 2. The Kier molecular flexibility index (Phi) is 5.82. The molecule has 0 amide bonds. The maximum Gasteiger partial charge on any atom is 0.124 e. The van der Waals surface area contributed by atoms with Gasteiger partial charge < -0.3 is 14.6 Å². The zero-order chi connectivity index (χ0) is 15.2. The number of hydrogen-bond donors (Lipinski definition) is 1. The van der Waals surface area contributed by atoms with E-state index < -0.39 is 0 Å². The van der Waals surface area contributed by atoms with Crippen molar-refractivity contribution in [1.29, 1.82) is 0 Å². The lowest BCUT2D eigenvalue weighted by Gasteiger charge is -2.18. The molecule has 5 heteroatoms. The van der Waals surface area contributed by atoms with Crippen LogP contribution in [0.25, 0.3) is 0 Å². The molecule has 0 saturated carbocycles.